The third-order valence-corrected chi connectivity index (χ3v) is 3.53. The SMILES string of the molecule is O=C(OO)c1cccc(-c2ccn(-c3ccc(C(F)(F)F)cc3)n2)c1. The van der Waals surface area contributed by atoms with Gasteiger partial charge in [-0.2, -0.15) is 23.5 Å². The normalized spacial score (nSPS) is 11.4. The molecule has 1 N–H and O–H groups in total. The van der Waals surface area contributed by atoms with Gasteiger partial charge in [-0.25, -0.2) is 9.48 Å². The highest BCUT2D eigenvalue weighted by Gasteiger charge is 2.30. The molecule has 0 radical (unpaired) electrons. The van der Waals surface area contributed by atoms with Gasteiger partial charge in [-0.1, -0.05) is 12.1 Å². The lowest BCUT2D eigenvalue weighted by molar-refractivity contribution is -0.182. The van der Waals surface area contributed by atoms with E-state index in [0.29, 0.717) is 16.9 Å². The van der Waals surface area contributed by atoms with E-state index in [1.807, 2.05) is 0 Å². The van der Waals surface area contributed by atoms with Gasteiger partial charge in [0.05, 0.1) is 22.5 Å². The lowest BCUT2D eigenvalue weighted by Gasteiger charge is -2.07. The molecule has 0 fully saturated rings. The molecule has 0 aliphatic rings. The average molecular weight is 348 g/mol. The van der Waals surface area contributed by atoms with Crippen LogP contribution in [0.4, 0.5) is 13.2 Å². The highest BCUT2D eigenvalue weighted by atomic mass is 19.4. The summed E-state index contributed by atoms with van der Waals surface area (Å²) in [7, 11) is 0. The van der Waals surface area contributed by atoms with Crippen LogP contribution in [-0.4, -0.2) is 21.0 Å². The maximum Gasteiger partial charge on any atom is 0.416 e. The molecule has 0 atom stereocenters. The molecule has 1 heterocycles. The minimum Gasteiger partial charge on any atom is -0.296 e. The van der Waals surface area contributed by atoms with Crippen molar-refractivity contribution < 1.29 is 28.1 Å². The number of nitrogens with zero attached hydrogens (tertiary/aromatic N) is 2. The quantitative estimate of drug-likeness (QED) is 0.569. The van der Waals surface area contributed by atoms with Crippen LogP contribution in [0, 0.1) is 0 Å². The summed E-state index contributed by atoms with van der Waals surface area (Å²) in [5, 5.41) is 12.7. The van der Waals surface area contributed by atoms with Crippen molar-refractivity contribution in [3.8, 4) is 16.9 Å². The fraction of sp³-hybridized carbons (Fsp3) is 0.0588. The zero-order valence-corrected chi connectivity index (χ0v) is 12.6. The van der Waals surface area contributed by atoms with Crippen LogP contribution in [0.5, 0.6) is 0 Å². The van der Waals surface area contributed by atoms with Crippen LogP contribution in [0.15, 0.2) is 60.8 Å². The Balaban J connectivity index is 1.89. The van der Waals surface area contributed by atoms with Gasteiger partial charge in [-0.15, -0.1) is 0 Å². The maximum atomic E-state index is 12.6. The third kappa shape index (κ3) is 3.53. The molecule has 1 aromatic heterocycles. The molecular weight excluding hydrogens is 337 g/mol. The van der Waals surface area contributed by atoms with Crippen molar-refractivity contribution in [1.29, 1.82) is 0 Å². The maximum absolute atomic E-state index is 12.6. The second-order valence-corrected chi connectivity index (χ2v) is 5.15. The minimum atomic E-state index is -4.39. The molecule has 0 spiro atoms. The molecule has 128 valence electrons. The number of hydrogen-bond donors (Lipinski definition) is 1. The topological polar surface area (TPSA) is 64.3 Å². The highest BCUT2D eigenvalue weighted by molar-refractivity contribution is 5.90. The summed E-state index contributed by atoms with van der Waals surface area (Å²) in [4.78, 5) is 15.0. The van der Waals surface area contributed by atoms with E-state index in [4.69, 9.17) is 5.26 Å². The molecule has 2 aromatic carbocycles. The minimum absolute atomic E-state index is 0.143. The van der Waals surface area contributed by atoms with Gasteiger partial charge in [0.2, 0.25) is 0 Å². The Hall–Kier alpha value is -3.13. The van der Waals surface area contributed by atoms with Gasteiger partial charge < -0.3 is 0 Å². The summed E-state index contributed by atoms with van der Waals surface area (Å²) < 4.78 is 39.2. The molecule has 8 heteroatoms. The lowest BCUT2D eigenvalue weighted by atomic mass is 10.1. The van der Waals surface area contributed by atoms with Crippen LogP contribution < -0.4 is 0 Å². The molecule has 0 bridgehead atoms. The van der Waals surface area contributed by atoms with Crippen LogP contribution in [0.2, 0.25) is 0 Å². The van der Waals surface area contributed by atoms with Crippen LogP contribution in [0.1, 0.15) is 15.9 Å². The van der Waals surface area contributed by atoms with E-state index in [0.717, 1.165) is 12.1 Å². The molecule has 0 aliphatic carbocycles. The van der Waals surface area contributed by atoms with E-state index in [9.17, 15) is 18.0 Å². The molecule has 0 saturated carbocycles. The molecule has 25 heavy (non-hydrogen) atoms. The molecule has 3 rings (SSSR count). The first-order valence-electron chi connectivity index (χ1n) is 7.08. The number of alkyl halides is 3. The summed E-state index contributed by atoms with van der Waals surface area (Å²) in [6.45, 7) is 0. The number of carbonyl (C=O) groups is 1. The highest BCUT2D eigenvalue weighted by Crippen LogP contribution is 2.29. The lowest BCUT2D eigenvalue weighted by Crippen LogP contribution is -2.05. The summed E-state index contributed by atoms with van der Waals surface area (Å²) in [5.74, 6) is -0.899. The number of rotatable bonds is 3. The predicted octanol–water partition coefficient (Wildman–Crippen LogP) is 4.19. The Bertz CT molecular complexity index is 902. The van der Waals surface area contributed by atoms with Gasteiger partial charge in [0, 0.05) is 11.8 Å². The standard InChI is InChI=1S/C17H11F3N2O3/c18-17(19,20)13-4-6-14(7-5-13)22-9-8-15(21-22)11-2-1-3-12(10-11)16(23)25-24/h1-10,24H. The summed E-state index contributed by atoms with van der Waals surface area (Å²) >= 11 is 0. The first-order valence-corrected chi connectivity index (χ1v) is 7.08. The van der Waals surface area contributed by atoms with Crippen molar-refractivity contribution in [3.63, 3.8) is 0 Å². The number of aromatic nitrogens is 2. The number of carbonyl (C=O) groups excluding carboxylic acids is 1. The predicted molar refractivity (Wildman–Crippen MR) is 82.0 cm³/mol. The molecule has 0 amide bonds. The first kappa shape index (κ1) is 16.7. The van der Waals surface area contributed by atoms with Crippen molar-refractivity contribution in [2.45, 2.75) is 6.18 Å². The molecule has 0 unspecified atom stereocenters. The van der Waals surface area contributed by atoms with E-state index in [2.05, 4.69) is 9.99 Å². The molecule has 0 saturated heterocycles. The zero-order chi connectivity index (χ0) is 18.0. The molecule has 3 aromatic rings. The second kappa shape index (κ2) is 6.40. The van der Waals surface area contributed by atoms with Gasteiger partial charge in [0.1, 0.15) is 0 Å². The Morgan fingerprint density at radius 3 is 2.44 bits per heavy atom. The summed E-state index contributed by atoms with van der Waals surface area (Å²) in [5.41, 5.74) is 0.967. The smallest absolute Gasteiger partial charge is 0.296 e. The Morgan fingerprint density at radius 2 is 1.80 bits per heavy atom. The monoisotopic (exact) mass is 348 g/mol. The van der Waals surface area contributed by atoms with Crippen molar-refractivity contribution in [2.75, 3.05) is 0 Å². The zero-order valence-electron chi connectivity index (χ0n) is 12.6. The Labute approximate surface area is 139 Å². The largest absolute Gasteiger partial charge is 0.416 e. The molecule has 0 aliphatic heterocycles. The molecular formula is C17H11F3N2O3. The van der Waals surface area contributed by atoms with Crippen molar-refractivity contribution in [3.05, 3.63) is 71.9 Å². The van der Waals surface area contributed by atoms with Crippen LogP contribution >= 0.6 is 0 Å². The van der Waals surface area contributed by atoms with Crippen molar-refractivity contribution in [2.24, 2.45) is 0 Å². The first-order chi connectivity index (χ1) is 11.9. The summed E-state index contributed by atoms with van der Waals surface area (Å²) in [6, 6.07) is 12.5. The molecule has 5 nitrogen and oxygen atoms in total. The fourth-order valence-corrected chi connectivity index (χ4v) is 2.28. The fourth-order valence-electron chi connectivity index (χ4n) is 2.28. The van der Waals surface area contributed by atoms with E-state index in [-0.39, 0.29) is 5.56 Å². The van der Waals surface area contributed by atoms with E-state index in [1.165, 1.54) is 28.9 Å². The van der Waals surface area contributed by atoms with Gasteiger partial charge in [-0.3, -0.25) is 4.89 Å². The van der Waals surface area contributed by atoms with Gasteiger partial charge >= 0.3 is 12.1 Å². The van der Waals surface area contributed by atoms with Gasteiger partial charge in [0.15, 0.2) is 0 Å². The van der Waals surface area contributed by atoms with E-state index in [1.54, 1.807) is 24.4 Å². The third-order valence-electron chi connectivity index (χ3n) is 3.53. The van der Waals surface area contributed by atoms with E-state index < -0.39 is 17.7 Å². The number of benzene rings is 2. The van der Waals surface area contributed by atoms with Crippen LogP contribution in [0.3, 0.4) is 0 Å². The van der Waals surface area contributed by atoms with Gasteiger partial charge in [-0.05, 0) is 42.5 Å². The summed E-state index contributed by atoms with van der Waals surface area (Å²) in [6.07, 6.45) is -2.80. The Morgan fingerprint density at radius 1 is 1.08 bits per heavy atom. The van der Waals surface area contributed by atoms with Crippen LogP contribution in [-0.2, 0) is 11.1 Å². The van der Waals surface area contributed by atoms with Crippen molar-refractivity contribution >= 4 is 5.97 Å². The number of hydrogen-bond acceptors (Lipinski definition) is 4. The number of halogens is 3. The van der Waals surface area contributed by atoms with Gasteiger partial charge in [0.25, 0.3) is 0 Å². The van der Waals surface area contributed by atoms with Crippen molar-refractivity contribution in [1.82, 2.24) is 9.78 Å². The average Bonchev–Trinajstić information content (AvgIpc) is 3.10. The van der Waals surface area contributed by atoms with Crippen LogP contribution in [0.25, 0.3) is 16.9 Å². The van der Waals surface area contributed by atoms with E-state index >= 15 is 0 Å². The Kier molecular flexibility index (Phi) is 4.28. The second-order valence-electron chi connectivity index (χ2n) is 5.15.